The fourth-order valence-electron chi connectivity index (χ4n) is 1.90. The van der Waals surface area contributed by atoms with Crippen LogP contribution in [0.3, 0.4) is 0 Å². The van der Waals surface area contributed by atoms with Crippen molar-refractivity contribution in [3.8, 4) is 5.75 Å². The van der Waals surface area contributed by atoms with Gasteiger partial charge in [-0.2, -0.15) is 0 Å². The van der Waals surface area contributed by atoms with E-state index in [9.17, 15) is 8.42 Å². The average molecular weight is 306 g/mol. The Morgan fingerprint density at radius 1 is 1.42 bits per heavy atom. The first-order valence-corrected chi connectivity index (χ1v) is 8.30. The van der Waals surface area contributed by atoms with Gasteiger partial charge in [0.2, 0.25) is 0 Å². The van der Waals surface area contributed by atoms with Crippen molar-refractivity contribution in [2.45, 2.75) is 18.1 Å². The Morgan fingerprint density at radius 2 is 2.05 bits per heavy atom. The molecule has 0 radical (unpaired) electrons. The van der Waals surface area contributed by atoms with Crippen molar-refractivity contribution in [3.63, 3.8) is 0 Å². The molecule has 1 N–H and O–H groups in total. The first kappa shape index (κ1) is 16.4. The highest BCUT2D eigenvalue weighted by molar-refractivity contribution is 7.91. The van der Waals surface area contributed by atoms with Crippen LogP contribution in [0, 0.1) is 5.41 Å². The number of rotatable bonds is 7. The summed E-state index contributed by atoms with van der Waals surface area (Å²) >= 11 is 1.16. The van der Waals surface area contributed by atoms with Gasteiger partial charge < -0.3 is 9.64 Å². The minimum Gasteiger partial charge on any atom is -0.494 e. The molecule has 0 aromatic carbocycles. The Bertz CT molecular complexity index is 507. The average Bonchev–Trinajstić information content (AvgIpc) is 2.74. The predicted molar refractivity (Wildman–Crippen MR) is 78.4 cm³/mol. The van der Waals surface area contributed by atoms with E-state index in [1.54, 1.807) is 11.4 Å². The van der Waals surface area contributed by atoms with Crippen LogP contribution in [-0.4, -0.2) is 47.6 Å². The molecule has 110 valence electrons. The molecule has 19 heavy (non-hydrogen) atoms. The lowest BCUT2D eigenvalue weighted by atomic mass is 9.93. The largest absolute Gasteiger partial charge is 0.494 e. The molecule has 0 spiro atoms. The molecule has 0 amide bonds. The molecular formula is C12H22N2O3S2. The SMILES string of the molecule is COc1ccsc1S(=O)(=O)NCC(C)(C)CN(C)C. The number of methoxy groups -OCH3 is 1. The first-order valence-electron chi connectivity index (χ1n) is 5.94. The molecule has 0 aliphatic rings. The van der Waals surface area contributed by atoms with Gasteiger partial charge in [-0.05, 0) is 31.0 Å². The van der Waals surface area contributed by atoms with E-state index >= 15 is 0 Å². The van der Waals surface area contributed by atoms with Gasteiger partial charge in [0, 0.05) is 13.1 Å². The van der Waals surface area contributed by atoms with E-state index in [0.717, 1.165) is 17.9 Å². The van der Waals surface area contributed by atoms with Gasteiger partial charge in [0.1, 0.15) is 5.75 Å². The summed E-state index contributed by atoms with van der Waals surface area (Å²) < 4.78 is 32.4. The molecule has 0 bridgehead atoms. The lowest BCUT2D eigenvalue weighted by Crippen LogP contribution is -2.39. The van der Waals surface area contributed by atoms with Crippen molar-refractivity contribution in [2.75, 3.05) is 34.3 Å². The highest BCUT2D eigenvalue weighted by Crippen LogP contribution is 2.29. The van der Waals surface area contributed by atoms with Crippen LogP contribution in [0.2, 0.25) is 0 Å². The van der Waals surface area contributed by atoms with Gasteiger partial charge in [-0.25, -0.2) is 13.1 Å². The Kier molecular flexibility index (Phi) is 5.37. The van der Waals surface area contributed by atoms with Crippen LogP contribution in [0.15, 0.2) is 15.7 Å². The molecule has 0 aliphatic heterocycles. The summed E-state index contributed by atoms with van der Waals surface area (Å²) in [6.45, 7) is 5.24. The maximum absolute atomic E-state index is 12.2. The molecule has 1 aromatic heterocycles. The number of hydrogen-bond acceptors (Lipinski definition) is 5. The van der Waals surface area contributed by atoms with Gasteiger partial charge in [0.15, 0.2) is 4.21 Å². The van der Waals surface area contributed by atoms with E-state index in [4.69, 9.17) is 4.74 Å². The number of sulfonamides is 1. The second kappa shape index (κ2) is 6.21. The topological polar surface area (TPSA) is 58.6 Å². The molecule has 0 fully saturated rings. The number of nitrogens with zero attached hydrogens (tertiary/aromatic N) is 1. The summed E-state index contributed by atoms with van der Waals surface area (Å²) in [6.07, 6.45) is 0. The van der Waals surface area contributed by atoms with Gasteiger partial charge in [-0.1, -0.05) is 13.8 Å². The van der Waals surface area contributed by atoms with Crippen LogP contribution in [-0.2, 0) is 10.0 Å². The van der Waals surface area contributed by atoms with Crippen molar-refractivity contribution in [3.05, 3.63) is 11.4 Å². The van der Waals surface area contributed by atoms with Crippen LogP contribution >= 0.6 is 11.3 Å². The maximum Gasteiger partial charge on any atom is 0.253 e. The summed E-state index contributed by atoms with van der Waals surface area (Å²) in [6, 6.07) is 1.66. The zero-order valence-electron chi connectivity index (χ0n) is 12.1. The maximum atomic E-state index is 12.2. The van der Waals surface area contributed by atoms with E-state index in [1.807, 2.05) is 32.8 Å². The lowest BCUT2D eigenvalue weighted by Gasteiger charge is -2.28. The van der Waals surface area contributed by atoms with Crippen molar-refractivity contribution < 1.29 is 13.2 Å². The Morgan fingerprint density at radius 3 is 2.58 bits per heavy atom. The summed E-state index contributed by atoms with van der Waals surface area (Å²) in [5.41, 5.74) is -0.138. The molecule has 5 nitrogen and oxygen atoms in total. The molecule has 0 saturated carbocycles. The molecule has 1 rings (SSSR count). The van der Waals surface area contributed by atoms with Gasteiger partial charge in [-0.3, -0.25) is 0 Å². The van der Waals surface area contributed by atoms with E-state index in [0.29, 0.717) is 12.3 Å². The van der Waals surface area contributed by atoms with Crippen LogP contribution in [0.25, 0.3) is 0 Å². The van der Waals surface area contributed by atoms with Crippen molar-refractivity contribution in [1.82, 2.24) is 9.62 Å². The van der Waals surface area contributed by atoms with Gasteiger partial charge >= 0.3 is 0 Å². The van der Waals surface area contributed by atoms with Crippen molar-refractivity contribution in [1.29, 1.82) is 0 Å². The first-order chi connectivity index (χ1) is 8.68. The zero-order chi connectivity index (χ0) is 14.7. The third-order valence-electron chi connectivity index (χ3n) is 2.54. The third-order valence-corrected chi connectivity index (χ3v) is 5.39. The molecule has 1 heterocycles. The highest BCUT2D eigenvalue weighted by Gasteiger charge is 2.25. The highest BCUT2D eigenvalue weighted by atomic mass is 32.2. The number of nitrogens with one attached hydrogen (secondary N) is 1. The Balaban J connectivity index is 2.76. The van der Waals surface area contributed by atoms with Gasteiger partial charge in [0.05, 0.1) is 7.11 Å². The molecule has 7 heteroatoms. The van der Waals surface area contributed by atoms with Crippen molar-refractivity contribution in [2.24, 2.45) is 5.41 Å². The molecule has 0 saturated heterocycles. The zero-order valence-corrected chi connectivity index (χ0v) is 13.7. The monoisotopic (exact) mass is 306 g/mol. The molecule has 0 aliphatic carbocycles. The molecule has 1 aromatic rings. The van der Waals surface area contributed by atoms with E-state index in [2.05, 4.69) is 4.72 Å². The molecular weight excluding hydrogens is 284 g/mol. The standard InChI is InChI=1S/C12H22N2O3S2/c1-12(2,9-14(3)4)8-13-19(15,16)11-10(17-5)6-7-18-11/h6-7,13H,8-9H2,1-5H3. The quantitative estimate of drug-likeness (QED) is 0.832. The summed E-state index contributed by atoms with van der Waals surface area (Å²) in [7, 11) is 1.91. The fraction of sp³-hybridized carbons (Fsp3) is 0.667. The summed E-state index contributed by atoms with van der Waals surface area (Å²) in [5, 5.41) is 1.71. The minimum atomic E-state index is -3.50. The lowest BCUT2D eigenvalue weighted by molar-refractivity contribution is 0.242. The van der Waals surface area contributed by atoms with Crippen molar-refractivity contribution >= 4 is 21.4 Å². The van der Waals surface area contributed by atoms with Crippen LogP contribution in [0.5, 0.6) is 5.75 Å². The van der Waals surface area contributed by atoms with Crippen LogP contribution in [0.1, 0.15) is 13.8 Å². The Labute approximate surface area is 119 Å². The third kappa shape index (κ3) is 4.76. The smallest absolute Gasteiger partial charge is 0.253 e. The second-order valence-electron chi connectivity index (χ2n) is 5.50. The molecule has 0 unspecified atom stereocenters. The fourth-order valence-corrected chi connectivity index (χ4v) is 4.46. The van der Waals surface area contributed by atoms with Gasteiger partial charge in [0.25, 0.3) is 10.0 Å². The predicted octanol–water partition coefficient (Wildman–Crippen LogP) is 1.62. The van der Waals surface area contributed by atoms with Crippen LogP contribution in [0.4, 0.5) is 0 Å². The van der Waals surface area contributed by atoms with Crippen LogP contribution < -0.4 is 9.46 Å². The van der Waals surface area contributed by atoms with E-state index in [1.165, 1.54) is 7.11 Å². The second-order valence-corrected chi connectivity index (χ2v) is 8.38. The summed E-state index contributed by atoms with van der Waals surface area (Å²) in [4.78, 5) is 2.04. The number of hydrogen-bond donors (Lipinski definition) is 1. The minimum absolute atomic E-state index is 0.138. The number of thiophene rings is 1. The Hall–Kier alpha value is -0.630. The normalized spacial score (nSPS) is 12.9. The van der Waals surface area contributed by atoms with E-state index < -0.39 is 10.0 Å². The van der Waals surface area contributed by atoms with E-state index in [-0.39, 0.29) is 9.62 Å². The van der Waals surface area contributed by atoms with Gasteiger partial charge in [-0.15, -0.1) is 11.3 Å². The molecule has 0 atom stereocenters. The summed E-state index contributed by atoms with van der Waals surface area (Å²) in [5.74, 6) is 0.392. The number of ether oxygens (including phenoxy) is 1.